The second kappa shape index (κ2) is 6.14. The molecule has 0 saturated heterocycles. The Morgan fingerprint density at radius 2 is 2.17 bits per heavy atom. The van der Waals surface area contributed by atoms with Gasteiger partial charge in [0.1, 0.15) is 5.75 Å². The van der Waals surface area contributed by atoms with E-state index in [0.29, 0.717) is 10.9 Å². The molecule has 0 spiro atoms. The Morgan fingerprint density at radius 1 is 1.44 bits per heavy atom. The number of anilines is 1. The number of nitrogens with zero attached hydrogens (tertiary/aromatic N) is 1. The monoisotopic (exact) mass is 374 g/mol. The van der Waals surface area contributed by atoms with Gasteiger partial charge < -0.3 is 4.74 Å². The molecule has 1 aromatic heterocycles. The van der Waals surface area contributed by atoms with Gasteiger partial charge >= 0.3 is 0 Å². The molecule has 0 fully saturated rings. The summed E-state index contributed by atoms with van der Waals surface area (Å²) >= 11 is 3.59. The number of carbonyl (C=O) groups excluding carboxylic acids is 1. The van der Waals surface area contributed by atoms with Crippen LogP contribution in [0.15, 0.2) is 35.8 Å². The lowest BCUT2D eigenvalue weighted by atomic mass is 10.3. The van der Waals surface area contributed by atoms with E-state index in [1.165, 1.54) is 11.3 Å². The largest absolute Gasteiger partial charge is 0.481 e. The third kappa shape index (κ3) is 3.67. The molecule has 0 aliphatic carbocycles. The normalized spacial score (nSPS) is 11.9. The number of carbonyl (C=O) groups is 1. The van der Waals surface area contributed by atoms with Gasteiger partial charge in [0.15, 0.2) is 11.2 Å². The second-order valence-electron chi connectivity index (χ2n) is 3.54. The van der Waals surface area contributed by atoms with E-state index in [2.05, 4.69) is 32.9 Å². The summed E-state index contributed by atoms with van der Waals surface area (Å²) in [4.78, 5) is 15.8. The summed E-state index contributed by atoms with van der Waals surface area (Å²) in [6.07, 6.45) is 1.08. The zero-order valence-corrected chi connectivity index (χ0v) is 12.6. The lowest BCUT2D eigenvalue weighted by molar-refractivity contribution is -0.122. The van der Waals surface area contributed by atoms with E-state index < -0.39 is 6.10 Å². The van der Waals surface area contributed by atoms with Gasteiger partial charge in [0.05, 0.1) is 0 Å². The zero-order valence-electron chi connectivity index (χ0n) is 9.59. The fourth-order valence-corrected chi connectivity index (χ4v) is 2.15. The zero-order chi connectivity index (χ0) is 13.0. The molecule has 4 nitrogen and oxygen atoms in total. The Morgan fingerprint density at radius 3 is 2.78 bits per heavy atom. The van der Waals surface area contributed by atoms with Crippen molar-refractivity contribution in [3.05, 3.63) is 39.4 Å². The van der Waals surface area contributed by atoms with Crippen molar-refractivity contribution in [3.8, 4) is 5.75 Å². The van der Waals surface area contributed by atoms with Crippen LogP contribution in [0.5, 0.6) is 5.75 Å². The van der Waals surface area contributed by atoms with Crippen LogP contribution >= 0.6 is 33.9 Å². The number of benzene rings is 1. The molecule has 2 aromatic rings. The highest BCUT2D eigenvalue weighted by Gasteiger charge is 2.15. The van der Waals surface area contributed by atoms with Gasteiger partial charge in [-0.2, -0.15) is 0 Å². The summed E-state index contributed by atoms with van der Waals surface area (Å²) in [6.45, 7) is 1.71. The van der Waals surface area contributed by atoms with E-state index >= 15 is 0 Å². The predicted molar refractivity (Wildman–Crippen MR) is 80.0 cm³/mol. The van der Waals surface area contributed by atoms with Gasteiger partial charge in [0, 0.05) is 15.1 Å². The fraction of sp³-hybridized carbons (Fsp3) is 0.167. The maximum Gasteiger partial charge on any atom is 0.266 e. The molecule has 1 N–H and O–H groups in total. The SMILES string of the molecule is CC(Oc1ccc(I)cc1)C(=O)Nc1nccs1. The molecule has 6 heteroatoms. The minimum absolute atomic E-state index is 0.205. The van der Waals surface area contributed by atoms with Crippen LogP contribution in [-0.4, -0.2) is 17.0 Å². The van der Waals surface area contributed by atoms with Crippen molar-refractivity contribution in [1.29, 1.82) is 0 Å². The molecule has 0 aliphatic rings. The van der Waals surface area contributed by atoms with E-state index in [1.807, 2.05) is 24.3 Å². The van der Waals surface area contributed by atoms with Crippen molar-refractivity contribution < 1.29 is 9.53 Å². The number of hydrogen-bond donors (Lipinski definition) is 1. The molecule has 1 atom stereocenters. The Kier molecular flexibility index (Phi) is 4.54. The topological polar surface area (TPSA) is 51.2 Å². The molecule has 18 heavy (non-hydrogen) atoms. The van der Waals surface area contributed by atoms with Crippen LogP contribution in [0, 0.1) is 3.57 Å². The van der Waals surface area contributed by atoms with Gasteiger partial charge in [-0.3, -0.25) is 10.1 Å². The number of rotatable bonds is 4. The number of amides is 1. The molecular formula is C12H11IN2O2S. The fourth-order valence-electron chi connectivity index (χ4n) is 1.26. The summed E-state index contributed by atoms with van der Waals surface area (Å²) < 4.78 is 6.67. The Balaban J connectivity index is 1.93. The number of halogens is 1. The van der Waals surface area contributed by atoms with Crippen LogP contribution in [0.4, 0.5) is 5.13 Å². The van der Waals surface area contributed by atoms with E-state index in [1.54, 1.807) is 18.5 Å². The molecule has 1 aromatic carbocycles. The molecule has 0 saturated carbocycles. The summed E-state index contributed by atoms with van der Waals surface area (Å²) in [5.74, 6) is 0.473. The maximum atomic E-state index is 11.8. The minimum Gasteiger partial charge on any atom is -0.481 e. The van der Waals surface area contributed by atoms with Gasteiger partial charge in [-0.1, -0.05) is 0 Å². The standard InChI is InChI=1S/C12H11IN2O2S/c1-8(11(16)15-12-14-6-7-18-12)17-10-4-2-9(13)3-5-10/h2-8H,1H3,(H,14,15,16). The van der Waals surface area contributed by atoms with Gasteiger partial charge in [0.25, 0.3) is 5.91 Å². The lowest BCUT2D eigenvalue weighted by Gasteiger charge is -2.13. The number of thiazole rings is 1. The van der Waals surface area contributed by atoms with Crippen molar-refractivity contribution in [1.82, 2.24) is 4.98 Å². The molecule has 94 valence electrons. The van der Waals surface area contributed by atoms with Crippen LogP contribution in [0.1, 0.15) is 6.92 Å². The van der Waals surface area contributed by atoms with Crippen LogP contribution in [0.3, 0.4) is 0 Å². The molecule has 1 heterocycles. The lowest BCUT2D eigenvalue weighted by Crippen LogP contribution is -2.30. The number of nitrogens with one attached hydrogen (secondary N) is 1. The summed E-state index contributed by atoms with van der Waals surface area (Å²) in [6, 6.07) is 7.55. The van der Waals surface area contributed by atoms with Crippen molar-refractivity contribution in [2.75, 3.05) is 5.32 Å². The van der Waals surface area contributed by atoms with E-state index in [9.17, 15) is 4.79 Å². The van der Waals surface area contributed by atoms with Crippen molar-refractivity contribution >= 4 is 45.0 Å². The van der Waals surface area contributed by atoms with Crippen molar-refractivity contribution in [3.63, 3.8) is 0 Å². The molecule has 0 bridgehead atoms. The molecule has 2 rings (SSSR count). The Bertz CT molecular complexity index is 513. The van der Waals surface area contributed by atoms with Gasteiger partial charge in [-0.25, -0.2) is 4.98 Å². The van der Waals surface area contributed by atoms with Crippen LogP contribution in [0.2, 0.25) is 0 Å². The highest BCUT2D eigenvalue weighted by Crippen LogP contribution is 2.16. The Labute approximate surface area is 123 Å². The molecule has 1 unspecified atom stereocenters. The highest BCUT2D eigenvalue weighted by molar-refractivity contribution is 14.1. The maximum absolute atomic E-state index is 11.8. The molecule has 0 radical (unpaired) electrons. The summed E-state index contributed by atoms with van der Waals surface area (Å²) in [5, 5.41) is 5.08. The smallest absolute Gasteiger partial charge is 0.266 e. The first kappa shape index (κ1) is 13.3. The van der Waals surface area contributed by atoms with Crippen LogP contribution in [0.25, 0.3) is 0 Å². The predicted octanol–water partition coefficient (Wildman–Crippen LogP) is 3.15. The van der Waals surface area contributed by atoms with E-state index in [0.717, 1.165) is 3.57 Å². The molecular weight excluding hydrogens is 363 g/mol. The quantitative estimate of drug-likeness (QED) is 0.837. The van der Waals surface area contributed by atoms with E-state index in [4.69, 9.17) is 4.74 Å². The molecule has 1 amide bonds. The number of aromatic nitrogens is 1. The third-order valence-corrected chi connectivity index (χ3v) is 3.57. The van der Waals surface area contributed by atoms with Crippen molar-refractivity contribution in [2.24, 2.45) is 0 Å². The van der Waals surface area contributed by atoms with Gasteiger partial charge in [0.2, 0.25) is 0 Å². The first-order chi connectivity index (χ1) is 8.65. The summed E-state index contributed by atoms with van der Waals surface area (Å²) in [7, 11) is 0. The van der Waals surface area contributed by atoms with Gasteiger partial charge in [-0.15, -0.1) is 11.3 Å². The van der Waals surface area contributed by atoms with E-state index in [-0.39, 0.29) is 5.91 Å². The Hall–Kier alpha value is -1.15. The highest BCUT2D eigenvalue weighted by atomic mass is 127. The minimum atomic E-state index is -0.561. The molecule has 0 aliphatic heterocycles. The van der Waals surface area contributed by atoms with Crippen LogP contribution in [-0.2, 0) is 4.79 Å². The van der Waals surface area contributed by atoms with Crippen molar-refractivity contribution in [2.45, 2.75) is 13.0 Å². The second-order valence-corrected chi connectivity index (χ2v) is 5.68. The average molecular weight is 374 g/mol. The number of ether oxygens (including phenoxy) is 1. The van der Waals surface area contributed by atoms with Gasteiger partial charge in [-0.05, 0) is 53.8 Å². The number of hydrogen-bond acceptors (Lipinski definition) is 4. The summed E-state index contributed by atoms with van der Waals surface area (Å²) in [5.41, 5.74) is 0. The first-order valence-corrected chi connectivity index (χ1v) is 7.23. The first-order valence-electron chi connectivity index (χ1n) is 5.28. The van der Waals surface area contributed by atoms with Crippen LogP contribution < -0.4 is 10.1 Å². The third-order valence-electron chi connectivity index (χ3n) is 2.16. The average Bonchev–Trinajstić information content (AvgIpc) is 2.85.